The van der Waals surface area contributed by atoms with Crippen molar-refractivity contribution in [1.29, 1.82) is 0 Å². The van der Waals surface area contributed by atoms with Gasteiger partial charge in [-0.2, -0.15) is 0 Å². The molecule has 1 aromatic heterocycles. The minimum absolute atomic E-state index is 0.0865. The molecule has 4 nitrogen and oxygen atoms in total. The Morgan fingerprint density at radius 1 is 1.26 bits per heavy atom. The molecule has 0 fully saturated rings. The summed E-state index contributed by atoms with van der Waals surface area (Å²) in [5.74, 6) is 0. The molecule has 1 N–H and O–H groups in total. The number of benzene rings is 1. The standard InChI is InChI=1S/C12H11ClN2O2S2/c1-18-11-5-3-2-4-10(11)15-19(16,17)9-6-7-14-12(13)8-9/h2-8,15H,1H3. The van der Waals surface area contributed by atoms with Crippen molar-refractivity contribution in [2.75, 3.05) is 11.0 Å². The van der Waals surface area contributed by atoms with E-state index in [0.717, 1.165) is 4.90 Å². The predicted molar refractivity (Wildman–Crippen MR) is 78.3 cm³/mol. The number of sulfonamides is 1. The monoisotopic (exact) mass is 314 g/mol. The van der Waals surface area contributed by atoms with E-state index in [1.807, 2.05) is 18.4 Å². The number of para-hydroxylation sites is 1. The van der Waals surface area contributed by atoms with Gasteiger partial charge in [-0.15, -0.1) is 11.8 Å². The van der Waals surface area contributed by atoms with Crippen LogP contribution in [-0.4, -0.2) is 19.7 Å². The van der Waals surface area contributed by atoms with E-state index in [0.29, 0.717) is 5.69 Å². The lowest BCUT2D eigenvalue weighted by Crippen LogP contribution is -2.13. The molecule has 0 aliphatic carbocycles. The van der Waals surface area contributed by atoms with Gasteiger partial charge in [-0.05, 0) is 30.5 Å². The predicted octanol–water partition coefficient (Wildman–Crippen LogP) is 3.26. The van der Waals surface area contributed by atoms with Crippen molar-refractivity contribution in [3.63, 3.8) is 0 Å². The molecule has 2 aromatic rings. The largest absolute Gasteiger partial charge is 0.278 e. The van der Waals surface area contributed by atoms with Gasteiger partial charge in [0.25, 0.3) is 10.0 Å². The zero-order valence-electron chi connectivity index (χ0n) is 10.00. The zero-order valence-corrected chi connectivity index (χ0v) is 12.4. The van der Waals surface area contributed by atoms with E-state index in [9.17, 15) is 8.42 Å². The molecule has 0 unspecified atom stereocenters. The third-order valence-electron chi connectivity index (χ3n) is 2.36. The number of nitrogens with zero attached hydrogens (tertiary/aromatic N) is 1. The second-order valence-electron chi connectivity index (χ2n) is 3.62. The molecule has 0 bridgehead atoms. The van der Waals surface area contributed by atoms with Crippen LogP contribution in [0, 0.1) is 0 Å². The Morgan fingerprint density at radius 2 is 2.00 bits per heavy atom. The van der Waals surface area contributed by atoms with Gasteiger partial charge < -0.3 is 0 Å². The number of rotatable bonds is 4. The first-order valence-electron chi connectivity index (χ1n) is 5.30. The van der Waals surface area contributed by atoms with Crippen molar-refractivity contribution in [3.8, 4) is 0 Å². The van der Waals surface area contributed by atoms with Crippen LogP contribution in [0.25, 0.3) is 0 Å². The second kappa shape index (κ2) is 5.81. The van der Waals surface area contributed by atoms with Gasteiger partial charge in [0, 0.05) is 11.1 Å². The number of pyridine rings is 1. The summed E-state index contributed by atoms with van der Waals surface area (Å²) in [5, 5.41) is 0.140. The minimum atomic E-state index is -3.66. The van der Waals surface area contributed by atoms with Gasteiger partial charge in [-0.3, -0.25) is 4.72 Å². The molecule has 0 saturated carbocycles. The van der Waals surface area contributed by atoms with Crippen molar-refractivity contribution in [2.24, 2.45) is 0 Å². The zero-order chi connectivity index (χ0) is 13.9. The molecule has 0 aliphatic rings. The van der Waals surface area contributed by atoms with E-state index in [1.165, 1.54) is 30.1 Å². The smallest absolute Gasteiger partial charge is 0.262 e. The first-order chi connectivity index (χ1) is 9.03. The Morgan fingerprint density at radius 3 is 2.68 bits per heavy atom. The van der Waals surface area contributed by atoms with Crippen LogP contribution in [0.2, 0.25) is 5.15 Å². The van der Waals surface area contributed by atoms with Crippen molar-refractivity contribution >= 4 is 39.1 Å². The maximum absolute atomic E-state index is 12.2. The van der Waals surface area contributed by atoms with Crippen LogP contribution in [0.15, 0.2) is 52.4 Å². The highest BCUT2D eigenvalue weighted by molar-refractivity contribution is 7.99. The lowest BCUT2D eigenvalue weighted by Gasteiger charge is -2.11. The summed E-state index contributed by atoms with van der Waals surface area (Å²) in [5.41, 5.74) is 0.544. The van der Waals surface area contributed by atoms with Crippen LogP contribution in [-0.2, 0) is 10.0 Å². The van der Waals surface area contributed by atoms with Crippen LogP contribution >= 0.6 is 23.4 Å². The van der Waals surface area contributed by atoms with Crippen molar-refractivity contribution < 1.29 is 8.42 Å². The summed E-state index contributed by atoms with van der Waals surface area (Å²) in [6.45, 7) is 0. The number of hydrogen-bond acceptors (Lipinski definition) is 4. The SMILES string of the molecule is CSc1ccccc1NS(=O)(=O)c1ccnc(Cl)c1. The molecular formula is C12H11ClN2O2S2. The highest BCUT2D eigenvalue weighted by atomic mass is 35.5. The van der Waals surface area contributed by atoms with Crippen LogP contribution in [0.5, 0.6) is 0 Å². The summed E-state index contributed by atoms with van der Waals surface area (Å²) in [6.07, 6.45) is 3.24. The molecule has 100 valence electrons. The van der Waals surface area contributed by atoms with Crippen molar-refractivity contribution in [3.05, 3.63) is 47.7 Å². The van der Waals surface area contributed by atoms with E-state index in [4.69, 9.17) is 11.6 Å². The number of hydrogen-bond donors (Lipinski definition) is 1. The molecule has 1 heterocycles. The Bertz CT molecular complexity index is 690. The summed E-state index contributed by atoms with van der Waals surface area (Å²) in [7, 11) is -3.66. The lowest BCUT2D eigenvalue weighted by molar-refractivity contribution is 0.601. The molecule has 2 rings (SSSR count). The first kappa shape index (κ1) is 14.2. The summed E-state index contributed by atoms with van der Waals surface area (Å²) in [6, 6.07) is 9.90. The summed E-state index contributed by atoms with van der Waals surface area (Å²) < 4.78 is 27.0. The van der Waals surface area contributed by atoms with Gasteiger partial charge in [0.15, 0.2) is 0 Å². The Hall–Kier alpha value is -1.24. The Labute approximate surface area is 121 Å². The summed E-state index contributed by atoms with van der Waals surface area (Å²) in [4.78, 5) is 4.70. The van der Waals surface area contributed by atoms with Crippen molar-refractivity contribution in [2.45, 2.75) is 9.79 Å². The van der Waals surface area contributed by atoms with E-state index < -0.39 is 10.0 Å². The van der Waals surface area contributed by atoms with Gasteiger partial charge in [0.05, 0.1) is 10.6 Å². The van der Waals surface area contributed by atoms with E-state index in [2.05, 4.69) is 9.71 Å². The average Bonchev–Trinajstić information content (AvgIpc) is 2.39. The third-order valence-corrected chi connectivity index (χ3v) is 4.73. The molecule has 1 aromatic carbocycles. The van der Waals surface area contributed by atoms with Gasteiger partial charge >= 0.3 is 0 Å². The fourth-order valence-corrected chi connectivity index (χ4v) is 3.43. The maximum atomic E-state index is 12.2. The van der Waals surface area contributed by atoms with Crippen LogP contribution in [0.4, 0.5) is 5.69 Å². The Balaban J connectivity index is 2.37. The quantitative estimate of drug-likeness (QED) is 0.695. The molecular weight excluding hydrogens is 304 g/mol. The van der Waals surface area contributed by atoms with E-state index in [-0.39, 0.29) is 10.0 Å². The van der Waals surface area contributed by atoms with Gasteiger partial charge in [0.2, 0.25) is 0 Å². The normalized spacial score (nSPS) is 11.3. The number of nitrogens with one attached hydrogen (secondary N) is 1. The fraction of sp³-hybridized carbons (Fsp3) is 0.0833. The molecule has 0 spiro atoms. The minimum Gasteiger partial charge on any atom is -0.278 e. The van der Waals surface area contributed by atoms with Crippen LogP contribution in [0.3, 0.4) is 0 Å². The average molecular weight is 315 g/mol. The van der Waals surface area contributed by atoms with Gasteiger partial charge in [-0.1, -0.05) is 23.7 Å². The van der Waals surface area contributed by atoms with Gasteiger partial charge in [-0.25, -0.2) is 13.4 Å². The lowest BCUT2D eigenvalue weighted by atomic mass is 10.3. The second-order valence-corrected chi connectivity index (χ2v) is 6.54. The first-order valence-corrected chi connectivity index (χ1v) is 8.39. The van der Waals surface area contributed by atoms with Crippen LogP contribution in [0.1, 0.15) is 0 Å². The molecule has 7 heteroatoms. The molecule has 0 saturated heterocycles. The number of anilines is 1. The molecule has 0 amide bonds. The van der Waals surface area contributed by atoms with Crippen molar-refractivity contribution in [1.82, 2.24) is 4.98 Å². The molecule has 0 aliphatic heterocycles. The van der Waals surface area contributed by atoms with E-state index in [1.54, 1.807) is 12.1 Å². The van der Waals surface area contributed by atoms with Crippen LogP contribution < -0.4 is 4.72 Å². The number of halogens is 1. The van der Waals surface area contributed by atoms with Gasteiger partial charge in [0.1, 0.15) is 5.15 Å². The number of thioether (sulfide) groups is 1. The maximum Gasteiger partial charge on any atom is 0.262 e. The Kier molecular flexibility index (Phi) is 4.34. The third kappa shape index (κ3) is 3.40. The van der Waals surface area contributed by atoms with E-state index >= 15 is 0 Å². The fourth-order valence-electron chi connectivity index (χ4n) is 1.48. The number of aromatic nitrogens is 1. The molecule has 0 atom stereocenters. The summed E-state index contributed by atoms with van der Waals surface area (Å²) >= 11 is 7.17. The highest BCUT2D eigenvalue weighted by Crippen LogP contribution is 2.27. The molecule has 0 radical (unpaired) electrons. The highest BCUT2D eigenvalue weighted by Gasteiger charge is 2.16. The topological polar surface area (TPSA) is 59.1 Å². The molecule has 19 heavy (non-hydrogen) atoms.